The molecule has 0 saturated carbocycles. The number of carboxylic acid groups (broad SMARTS) is 1. The number of amides is 1. The number of carbonyl (C=O) groups is 2. The molecule has 110 valence electrons. The van der Waals surface area contributed by atoms with Crippen LogP contribution in [0.4, 0.5) is 13.2 Å². The molecular formula is C13H14F3NO3. The lowest BCUT2D eigenvalue weighted by Crippen LogP contribution is -2.36. The molecule has 20 heavy (non-hydrogen) atoms. The maximum atomic E-state index is 12.5. The molecule has 0 heterocycles. The van der Waals surface area contributed by atoms with Crippen molar-refractivity contribution in [1.29, 1.82) is 0 Å². The summed E-state index contributed by atoms with van der Waals surface area (Å²) in [6.07, 6.45) is -4.73. The van der Waals surface area contributed by atoms with Crippen LogP contribution in [0, 0.1) is 0 Å². The smallest absolute Gasteiger partial charge is 0.416 e. The van der Waals surface area contributed by atoms with Gasteiger partial charge in [-0.25, -0.2) is 0 Å². The minimum absolute atomic E-state index is 0.185. The Morgan fingerprint density at radius 2 is 1.95 bits per heavy atom. The standard InChI is InChI=1S/C13H14F3NO3/c1-2-17(8-12(19)20)11(18)7-9-4-3-5-10(6-9)13(14,15)16/h3-6H,2,7-8H2,1H3,(H,19,20). The molecule has 0 radical (unpaired) electrons. The molecule has 0 saturated heterocycles. The molecule has 7 heteroatoms. The molecule has 1 aromatic rings. The number of aliphatic carboxylic acids is 1. The van der Waals surface area contributed by atoms with Crippen molar-refractivity contribution in [2.24, 2.45) is 0 Å². The minimum Gasteiger partial charge on any atom is -0.480 e. The van der Waals surface area contributed by atoms with E-state index in [2.05, 4.69) is 0 Å². The second-order valence-corrected chi connectivity index (χ2v) is 4.18. The monoisotopic (exact) mass is 289 g/mol. The van der Waals surface area contributed by atoms with Crippen molar-refractivity contribution in [3.8, 4) is 0 Å². The van der Waals surface area contributed by atoms with E-state index in [1.807, 2.05) is 0 Å². The Hall–Kier alpha value is -2.05. The summed E-state index contributed by atoms with van der Waals surface area (Å²) in [4.78, 5) is 23.5. The first-order valence-electron chi connectivity index (χ1n) is 5.89. The minimum atomic E-state index is -4.47. The topological polar surface area (TPSA) is 57.6 Å². The molecule has 0 aromatic heterocycles. The number of carboxylic acids is 1. The number of alkyl halides is 3. The Balaban J connectivity index is 2.82. The number of likely N-dealkylation sites (N-methyl/N-ethyl adjacent to an activating group) is 1. The number of hydrogen-bond donors (Lipinski definition) is 1. The highest BCUT2D eigenvalue weighted by Gasteiger charge is 2.30. The van der Waals surface area contributed by atoms with Gasteiger partial charge in [0.25, 0.3) is 0 Å². The molecule has 0 aliphatic rings. The van der Waals surface area contributed by atoms with Gasteiger partial charge in [-0.1, -0.05) is 18.2 Å². The summed E-state index contributed by atoms with van der Waals surface area (Å²) in [5.74, 6) is -1.68. The summed E-state index contributed by atoms with van der Waals surface area (Å²) in [5, 5.41) is 8.64. The molecule has 1 aromatic carbocycles. The van der Waals surface area contributed by atoms with Crippen LogP contribution in [0.2, 0.25) is 0 Å². The van der Waals surface area contributed by atoms with E-state index in [4.69, 9.17) is 5.11 Å². The van der Waals surface area contributed by atoms with Crippen molar-refractivity contribution in [3.63, 3.8) is 0 Å². The molecule has 0 bridgehead atoms. The van der Waals surface area contributed by atoms with Gasteiger partial charge in [-0.3, -0.25) is 9.59 Å². The number of rotatable bonds is 5. The molecule has 0 atom stereocenters. The molecule has 0 unspecified atom stereocenters. The zero-order valence-electron chi connectivity index (χ0n) is 10.8. The van der Waals surface area contributed by atoms with Crippen LogP contribution in [0.3, 0.4) is 0 Å². The summed E-state index contributed by atoms with van der Waals surface area (Å²) in [5.41, 5.74) is -0.627. The van der Waals surface area contributed by atoms with E-state index in [1.165, 1.54) is 12.1 Å². The van der Waals surface area contributed by atoms with Crippen LogP contribution >= 0.6 is 0 Å². The first-order chi connectivity index (χ1) is 9.24. The Morgan fingerprint density at radius 1 is 1.30 bits per heavy atom. The van der Waals surface area contributed by atoms with Gasteiger partial charge in [-0.2, -0.15) is 13.2 Å². The normalized spacial score (nSPS) is 11.2. The van der Waals surface area contributed by atoms with Crippen molar-refractivity contribution in [2.75, 3.05) is 13.1 Å². The van der Waals surface area contributed by atoms with Crippen LogP contribution in [0.15, 0.2) is 24.3 Å². The van der Waals surface area contributed by atoms with Gasteiger partial charge in [0.1, 0.15) is 6.54 Å². The van der Waals surface area contributed by atoms with Gasteiger partial charge in [0.05, 0.1) is 12.0 Å². The summed E-state index contributed by atoms with van der Waals surface area (Å²) in [6, 6.07) is 4.44. The van der Waals surface area contributed by atoms with Crippen molar-refractivity contribution < 1.29 is 27.9 Å². The number of benzene rings is 1. The van der Waals surface area contributed by atoms with Crippen LogP contribution in [0.1, 0.15) is 18.1 Å². The Kier molecular flexibility index (Phi) is 5.12. The van der Waals surface area contributed by atoms with Crippen molar-refractivity contribution >= 4 is 11.9 Å². The maximum Gasteiger partial charge on any atom is 0.416 e. The van der Waals surface area contributed by atoms with Crippen LogP contribution in [-0.4, -0.2) is 35.0 Å². The molecule has 4 nitrogen and oxygen atoms in total. The average Bonchev–Trinajstić information content (AvgIpc) is 2.34. The van der Waals surface area contributed by atoms with Gasteiger partial charge >= 0.3 is 12.1 Å². The highest BCUT2D eigenvalue weighted by atomic mass is 19.4. The highest BCUT2D eigenvalue weighted by molar-refractivity contribution is 5.83. The Bertz CT molecular complexity index is 500. The van der Waals surface area contributed by atoms with Gasteiger partial charge in [0.2, 0.25) is 5.91 Å². The maximum absolute atomic E-state index is 12.5. The van der Waals surface area contributed by atoms with E-state index in [0.717, 1.165) is 17.0 Å². The van der Waals surface area contributed by atoms with Gasteiger partial charge in [-0.15, -0.1) is 0 Å². The summed E-state index contributed by atoms with van der Waals surface area (Å²) >= 11 is 0. The van der Waals surface area contributed by atoms with E-state index in [-0.39, 0.29) is 18.5 Å². The average molecular weight is 289 g/mol. The summed E-state index contributed by atoms with van der Waals surface area (Å²) in [7, 11) is 0. The van der Waals surface area contributed by atoms with Crippen molar-refractivity contribution in [2.45, 2.75) is 19.5 Å². The SMILES string of the molecule is CCN(CC(=O)O)C(=O)Cc1cccc(C(F)(F)F)c1. The molecule has 1 N–H and O–H groups in total. The molecule has 1 amide bonds. The largest absolute Gasteiger partial charge is 0.480 e. The van der Waals surface area contributed by atoms with Crippen molar-refractivity contribution in [1.82, 2.24) is 4.90 Å². The molecule has 0 aliphatic heterocycles. The third-order valence-electron chi connectivity index (χ3n) is 2.67. The molecule has 0 aliphatic carbocycles. The fraction of sp³-hybridized carbons (Fsp3) is 0.385. The van der Waals surface area contributed by atoms with Crippen LogP contribution in [0.25, 0.3) is 0 Å². The van der Waals surface area contributed by atoms with E-state index < -0.39 is 30.2 Å². The van der Waals surface area contributed by atoms with Crippen LogP contribution in [0.5, 0.6) is 0 Å². The van der Waals surface area contributed by atoms with Gasteiger partial charge < -0.3 is 10.0 Å². The van der Waals surface area contributed by atoms with Crippen LogP contribution < -0.4 is 0 Å². The number of nitrogens with zero attached hydrogens (tertiary/aromatic N) is 1. The third kappa shape index (κ3) is 4.56. The first kappa shape index (κ1) is 16.0. The third-order valence-corrected chi connectivity index (χ3v) is 2.67. The van der Waals surface area contributed by atoms with Crippen LogP contribution in [-0.2, 0) is 22.2 Å². The number of halogens is 3. The van der Waals surface area contributed by atoms with E-state index in [1.54, 1.807) is 6.92 Å². The van der Waals surface area contributed by atoms with Gasteiger partial charge in [0.15, 0.2) is 0 Å². The lowest BCUT2D eigenvalue weighted by atomic mass is 10.1. The number of hydrogen-bond acceptors (Lipinski definition) is 2. The molecule has 0 fully saturated rings. The van der Waals surface area contributed by atoms with E-state index >= 15 is 0 Å². The summed E-state index contributed by atoms with van der Waals surface area (Å²) < 4.78 is 37.6. The van der Waals surface area contributed by atoms with E-state index in [0.29, 0.717) is 0 Å². The Labute approximate surface area is 113 Å². The fourth-order valence-corrected chi connectivity index (χ4v) is 1.68. The fourth-order valence-electron chi connectivity index (χ4n) is 1.68. The molecule has 0 spiro atoms. The van der Waals surface area contributed by atoms with Crippen molar-refractivity contribution in [3.05, 3.63) is 35.4 Å². The molecule has 1 rings (SSSR count). The zero-order valence-corrected chi connectivity index (χ0v) is 10.8. The zero-order chi connectivity index (χ0) is 15.3. The van der Waals surface area contributed by atoms with Gasteiger partial charge in [-0.05, 0) is 18.6 Å². The Morgan fingerprint density at radius 3 is 2.45 bits per heavy atom. The quantitative estimate of drug-likeness (QED) is 0.904. The first-order valence-corrected chi connectivity index (χ1v) is 5.89. The predicted molar refractivity (Wildman–Crippen MR) is 65.0 cm³/mol. The lowest BCUT2D eigenvalue weighted by molar-refractivity contribution is -0.144. The second kappa shape index (κ2) is 6.40. The predicted octanol–water partition coefficient (Wildman–Crippen LogP) is 2.18. The number of carbonyl (C=O) groups excluding carboxylic acids is 1. The van der Waals surface area contributed by atoms with E-state index in [9.17, 15) is 22.8 Å². The second-order valence-electron chi connectivity index (χ2n) is 4.18. The molecular weight excluding hydrogens is 275 g/mol. The van der Waals surface area contributed by atoms with Gasteiger partial charge in [0, 0.05) is 6.54 Å². The summed E-state index contributed by atoms with van der Waals surface area (Å²) in [6.45, 7) is 1.32. The highest BCUT2D eigenvalue weighted by Crippen LogP contribution is 2.29. The lowest BCUT2D eigenvalue weighted by Gasteiger charge is -2.18.